The highest BCUT2D eigenvalue weighted by molar-refractivity contribution is 5.94. The van der Waals surface area contributed by atoms with Crippen LogP contribution in [0.1, 0.15) is 12.8 Å². The maximum atomic E-state index is 12.7. The van der Waals surface area contributed by atoms with Crippen LogP contribution < -0.4 is 10.7 Å². The van der Waals surface area contributed by atoms with E-state index in [0.29, 0.717) is 17.3 Å². The molecule has 0 saturated carbocycles. The molecule has 1 saturated heterocycles. The van der Waals surface area contributed by atoms with Crippen LogP contribution in [0.3, 0.4) is 0 Å². The molecule has 1 amide bonds. The van der Waals surface area contributed by atoms with Crippen molar-refractivity contribution in [1.29, 1.82) is 0 Å². The van der Waals surface area contributed by atoms with Crippen LogP contribution in [-0.4, -0.2) is 29.7 Å². The third kappa shape index (κ3) is 3.03. The molecule has 5 heteroatoms. The highest BCUT2D eigenvalue weighted by Crippen LogP contribution is 2.19. The van der Waals surface area contributed by atoms with Crippen molar-refractivity contribution in [1.82, 2.24) is 9.88 Å². The van der Waals surface area contributed by atoms with Crippen molar-refractivity contribution in [2.24, 2.45) is 0 Å². The number of amides is 1. The number of nitrogens with zero attached hydrogens (tertiary/aromatic N) is 1. The fourth-order valence-electron chi connectivity index (χ4n) is 3.48. The van der Waals surface area contributed by atoms with Crippen LogP contribution in [0.25, 0.3) is 21.8 Å². The van der Waals surface area contributed by atoms with Gasteiger partial charge < -0.3 is 14.6 Å². The van der Waals surface area contributed by atoms with Gasteiger partial charge in [-0.2, -0.15) is 0 Å². The number of para-hydroxylation sites is 2. The van der Waals surface area contributed by atoms with E-state index >= 15 is 0 Å². The molecule has 1 atom stereocenters. The Hall–Kier alpha value is -2.66. The smallest absolute Gasteiger partial charge is 0.240 e. The van der Waals surface area contributed by atoms with E-state index < -0.39 is 0 Å². The van der Waals surface area contributed by atoms with Crippen molar-refractivity contribution < 1.29 is 9.53 Å². The molecule has 1 aromatic heterocycles. The zero-order valence-corrected chi connectivity index (χ0v) is 13.9. The minimum Gasteiger partial charge on any atom is -0.376 e. The quantitative estimate of drug-likeness (QED) is 0.745. The number of ether oxygens (including phenoxy) is 1. The van der Waals surface area contributed by atoms with Crippen LogP contribution in [0, 0.1) is 0 Å². The second-order valence-electron chi connectivity index (χ2n) is 6.39. The molecular weight excluding hydrogens is 316 g/mol. The first-order valence-corrected chi connectivity index (χ1v) is 8.62. The predicted octanol–water partition coefficient (Wildman–Crippen LogP) is 2.45. The van der Waals surface area contributed by atoms with Crippen LogP contribution in [0.5, 0.6) is 0 Å². The Morgan fingerprint density at radius 2 is 1.72 bits per heavy atom. The van der Waals surface area contributed by atoms with E-state index in [1.807, 2.05) is 53.1 Å². The standard InChI is InChI=1S/C20H20N2O3/c23-19(21-12-14-6-5-11-25-14)13-22-17-9-3-1-7-15(17)20(24)16-8-2-4-10-18(16)22/h1-4,7-10,14H,5-6,11-13H2,(H,21,23). The number of rotatable bonds is 4. The molecule has 1 aliphatic rings. The van der Waals surface area contributed by atoms with Gasteiger partial charge in [-0.25, -0.2) is 0 Å². The van der Waals surface area contributed by atoms with E-state index in [9.17, 15) is 9.59 Å². The van der Waals surface area contributed by atoms with Gasteiger partial charge in [-0.05, 0) is 37.1 Å². The Labute approximate surface area is 145 Å². The molecule has 1 fully saturated rings. The van der Waals surface area contributed by atoms with Gasteiger partial charge in [0.15, 0.2) is 5.43 Å². The Morgan fingerprint density at radius 1 is 1.08 bits per heavy atom. The van der Waals surface area contributed by atoms with Gasteiger partial charge in [0.25, 0.3) is 0 Å². The van der Waals surface area contributed by atoms with E-state index in [2.05, 4.69) is 5.32 Å². The minimum atomic E-state index is -0.0746. The zero-order valence-electron chi connectivity index (χ0n) is 13.9. The van der Waals surface area contributed by atoms with E-state index in [0.717, 1.165) is 30.5 Å². The highest BCUT2D eigenvalue weighted by atomic mass is 16.5. The predicted molar refractivity (Wildman–Crippen MR) is 97.7 cm³/mol. The Bertz CT molecular complexity index is 927. The Morgan fingerprint density at radius 3 is 2.32 bits per heavy atom. The zero-order chi connectivity index (χ0) is 17.2. The number of carbonyl (C=O) groups is 1. The largest absolute Gasteiger partial charge is 0.376 e. The fourth-order valence-corrected chi connectivity index (χ4v) is 3.48. The molecule has 1 N–H and O–H groups in total. The SMILES string of the molecule is O=C(Cn1c2ccccc2c(=O)c2ccccc21)NCC1CCCO1. The molecule has 1 aliphatic heterocycles. The van der Waals surface area contributed by atoms with Crippen LogP contribution in [-0.2, 0) is 16.1 Å². The van der Waals surface area contributed by atoms with Crippen molar-refractivity contribution in [2.75, 3.05) is 13.2 Å². The molecule has 2 aromatic carbocycles. The molecule has 4 rings (SSSR count). The minimum absolute atomic E-state index is 0.00205. The summed E-state index contributed by atoms with van der Waals surface area (Å²) in [7, 11) is 0. The summed E-state index contributed by atoms with van der Waals surface area (Å²) in [6.45, 7) is 1.48. The number of pyridine rings is 1. The van der Waals surface area contributed by atoms with Crippen molar-refractivity contribution in [2.45, 2.75) is 25.5 Å². The summed E-state index contributed by atoms with van der Waals surface area (Å²) >= 11 is 0. The molecule has 0 bridgehead atoms. The number of hydrogen-bond donors (Lipinski definition) is 1. The van der Waals surface area contributed by atoms with Crippen LogP contribution in [0.15, 0.2) is 53.3 Å². The van der Waals surface area contributed by atoms with Gasteiger partial charge in [0.1, 0.15) is 6.54 Å². The first kappa shape index (κ1) is 15.8. The Balaban J connectivity index is 1.70. The summed E-state index contributed by atoms with van der Waals surface area (Å²) in [5.74, 6) is -0.0746. The summed E-state index contributed by atoms with van der Waals surface area (Å²) in [5, 5.41) is 4.22. The van der Waals surface area contributed by atoms with Crippen LogP contribution >= 0.6 is 0 Å². The van der Waals surface area contributed by atoms with Crippen LogP contribution in [0.4, 0.5) is 0 Å². The summed E-state index contributed by atoms with van der Waals surface area (Å²) < 4.78 is 7.46. The molecule has 2 heterocycles. The van der Waals surface area contributed by atoms with Crippen molar-refractivity contribution in [3.63, 3.8) is 0 Å². The van der Waals surface area contributed by atoms with E-state index in [4.69, 9.17) is 4.74 Å². The highest BCUT2D eigenvalue weighted by Gasteiger charge is 2.17. The third-order valence-electron chi connectivity index (χ3n) is 4.73. The van der Waals surface area contributed by atoms with Gasteiger partial charge in [-0.1, -0.05) is 24.3 Å². The molecule has 0 aliphatic carbocycles. The van der Waals surface area contributed by atoms with Crippen LogP contribution in [0.2, 0.25) is 0 Å². The molecule has 25 heavy (non-hydrogen) atoms. The maximum Gasteiger partial charge on any atom is 0.240 e. The maximum absolute atomic E-state index is 12.7. The number of benzene rings is 2. The van der Waals surface area contributed by atoms with Gasteiger partial charge in [0.05, 0.1) is 17.1 Å². The first-order valence-electron chi connectivity index (χ1n) is 8.62. The molecular formula is C20H20N2O3. The van der Waals surface area contributed by atoms with Crippen molar-refractivity contribution >= 4 is 27.7 Å². The lowest BCUT2D eigenvalue weighted by Crippen LogP contribution is -2.34. The van der Waals surface area contributed by atoms with Gasteiger partial charge in [-0.15, -0.1) is 0 Å². The van der Waals surface area contributed by atoms with E-state index in [1.54, 1.807) is 0 Å². The van der Waals surface area contributed by atoms with Crippen molar-refractivity contribution in [3.8, 4) is 0 Å². The number of aromatic nitrogens is 1. The number of carbonyl (C=O) groups excluding carboxylic acids is 1. The molecule has 3 aromatic rings. The lowest BCUT2D eigenvalue weighted by atomic mass is 10.1. The van der Waals surface area contributed by atoms with Gasteiger partial charge in [-0.3, -0.25) is 9.59 Å². The fraction of sp³-hybridized carbons (Fsp3) is 0.300. The molecule has 0 spiro atoms. The van der Waals surface area contributed by atoms with Gasteiger partial charge in [0.2, 0.25) is 5.91 Å². The molecule has 128 valence electrons. The van der Waals surface area contributed by atoms with Gasteiger partial charge in [0, 0.05) is 23.9 Å². The third-order valence-corrected chi connectivity index (χ3v) is 4.73. The normalized spacial score (nSPS) is 17.2. The van der Waals surface area contributed by atoms with Crippen molar-refractivity contribution in [3.05, 3.63) is 58.8 Å². The monoisotopic (exact) mass is 336 g/mol. The average Bonchev–Trinajstić information content (AvgIpc) is 3.17. The summed E-state index contributed by atoms with van der Waals surface area (Å²) in [6, 6.07) is 14.9. The molecule has 5 nitrogen and oxygen atoms in total. The Kier molecular flexibility index (Phi) is 4.24. The number of nitrogens with one attached hydrogen (secondary N) is 1. The summed E-state index contributed by atoms with van der Waals surface area (Å²) in [6.07, 6.45) is 2.16. The second kappa shape index (κ2) is 6.69. The number of hydrogen-bond acceptors (Lipinski definition) is 3. The van der Waals surface area contributed by atoms with Gasteiger partial charge >= 0.3 is 0 Å². The summed E-state index contributed by atoms with van der Waals surface area (Å²) in [5.41, 5.74) is 1.55. The summed E-state index contributed by atoms with van der Waals surface area (Å²) in [4.78, 5) is 25.2. The molecule has 1 unspecified atom stereocenters. The van der Waals surface area contributed by atoms with E-state index in [-0.39, 0.29) is 24.0 Å². The second-order valence-corrected chi connectivity index (χ2v) is 6.39. The first-order chi connectivity index (χ1) is 12.2. The lowest BCUT2D eigenvalue weighted by molar-refractivity contribution is -0.122. The number of fused-ring (bicyclic) bond motifs is 2. The topological polar surface area (TPSA) is 60.3 Å². The average molecular weight is 336 g/mol. The lowest BCUT2D eigenvalue weighted by Gasteiger charge is -2.16. The molecule has 0 radical (unpaired) electrons. The van der Waals surface area contributed by atoms with E-state index in [1.165, 1.54) is 0 Å².